The standard InChI is InChI=1S/C12H16ClNO3/c1-3-14(6-7-17-2)12(16)10-8-9(15)4-5-11(10)13/h4-5,8,15H,3,6-7H2,1-2H3. The van der Waals surface area contributed by atoms with Crippen LogP contribution in [0.3, 0.4) is 0 Å². The predicted octanol–water partition coefficient (Wildman–Crippen LogP) is 2.15. The third-order valence-electron chi connectivity index (χ3n) is 2.41. The Labute approximate surface area is 106 Å². The minimum Gasteiger partial charge on any atom is -0.508 e. The molecule has 94 valence electrons. The number of hydrogen-bond acceptors (Lipinski definition) is 3. The summed E-state index contributed by atoms with van der Waals surface area (Å²) in [6.07, 6.45) is 0. The first-order chi connectivity index (χ1) is 8.10. The zero-order valence-corrected chi connectivity index (χ0v) is 10.7. The van der Waals surface area contributed by atoms with Crippen molar-refractivity contribution in [3.05, 3.63) is 28.8 Å². The number of amides is 1. The van der Waals surface area contributed by atoms with Gasteiger partial charge in [0.2, 0.25) is 0 Å². The molecular formula is C12H16ClNO3. The van der Waals surface area contributed by atoms with E-state index in [1.807, 2.05) is 6.92 Å². The minimum absolute atomic E-state index is 0.0283. The zero-order chi connectivity index (χ0) is 12.8. The minimum atomic E-state index is -0.203. The summed E-state index contributed by atoms with van der Waals surface area (Å²) in [6.45, 7) is 3.41. The average molecular weight is 258 g/mol. The van der Waals surface area contributed by atoms with Gasteiger partial charge in [0.1, 0.15) is 5.75 Å². The lowest BCUT2D eigenvalue weighted by Crippen LogP contribution is -2.33. The Morgan fingerprint density at radius 3 is 2.82 bits per heavy atom. The van der Waals surface area contributed by atoms with Crippen LogP contribution in [-0.2, 0) is 4.74 Å². The van der Waals surface area contributed by atoms with Crippen molar-refractivity contribution in [3.8, 4) is 5.75 Å². The number of likely N-dealkylation sites (N-methyl/N-ethyl adjacent to an activating group) is 1. The van der Waals surface area contributed by atoms with E-state index < -0.39 is 0 Å². The van der Waals surface area contributed by atoms with Gasteiger partial charge in [-0.3, -0.25) is 4.79 Å². The second-order valence-electron chi connectivity index (χ2n) is 3.54. The Morgan fingerprint density at radius 2 is 2.24 bits per heavy atom. The van der Waals surface area contributed by atoms with Gasteiger partial charge in [-0.15, -0.1) is 0 Å². The first-order valence-electron chi connectivity index (χ1n) is 5.36. The molecule has 4 nitrogen and oxygen atoms in total. The summed E-state index contributed by atoms with van der Waals surface area (Å²) >= 11 is 5.94. The topological polar surface area (TPSA) is 49.8 Å². The SMILES string of the molecule is CCN(CCOC)C(=O)c1cc(O)ccc1Cl. The van der Waals surface area contributed by atoms with Crippen LogP contribution in [0.2, 0.25) is 5.02 Å². The summed E-state index contributed by atoms with van der Waals surface area (Å²) in [4.78, 5) is 13.7. The lowest BCUT2D eigenvalue weighted by Gasteiger charge is -2.21. The molecule has 1 N–H and O–H groups in total. The normalized spacial score (nSPS) is 10.3. The number of methoxy groups -OCH3 is 1. The summed E-state index contributed by atoms with van der Waals surface area (Å²) in [6, 6.07) is 4.33. The van der Waals surface area contributed by atoms with E-state index in [1.54, 1.807) is 12.0 Å². The molecule has 0 aliphatic heterocycles. The van der Waals surface area contributed by atoms with Crippen LogP contribution in [0.5, 0.6) is 5.75 Å². The van der Waals surface area contributed by atoms with Crippen LogP contribution in [0.4, 0.5) is 0 Å². The van der Waals surface area contributed by atoms with Gasteiger partial charge in [0.05, 0.1) is 17.2 Å². The maximum atomic E-state index is 12.1. The van der Waals surface area contributed by atoms with Gasteiger partial charge in [-0.2, -0.15) is 0 Å². The average Bonchev–Trinajstić information content (AvgIpc) is 2.33. The Kier molecular flexibility index (Phi) is 5.25. The molecule has 0 heterocycles. The second kappa shape index (κ2) is 6.47. The molecule has 1 aromatic carbocycles. The van der Waals surface area contributed by atoms with E-state index in [4.69, 9.17) is 16.3 Å². The predicted molar refractivity (Wildman–Crippen MR) is 66.6 cm³/mol. The van der Waals surface area contributed by atoms with Crippen molar-refractivity contribution in [1.82, 2.24) is 4.90 Å². The molecule has 0 unspecified atom stereocenters. The molecule has 0 fully saturated rings. The Morgan fingerprint density at radius 1 is 1.53 bits per heavy atom. The van der Waals surface area contributed by atoms with Crippen LogP contribution in [0.25, 0.3) is 0 Å². The molecule has 0 radical (unpaired) electrons. The van der Waals surface area contributed by atoms with E-state index in [0.29, 0.717) is 30.3 Å². The fourth-order valence-electron chi connectivity index (χ4n) is 1.45. The number of carbonyl (C=O) groups is 1. The maximum absolute atomic E-state index is 12.1. The Hall–Kier alpha value is -1.26. The van der Waals surface area contributed by atoms with Gasteiger partial charge < -0.3 is 14.7 Å². The first kappa shape index (κ1) is 13.8. The highest BCUT2D eigenvalue weighted by Gasteiger charge is 2.17. The number of ether oxygens (including phenoxy) is 1. The van der Waals surface area contributed by atoms with Crippen molar-refractivity contribution in [1.29, 1.82) is 0 Å². The van der Waals surface area contributed by atoms with Crippen molar-refractivity contribution in [2.45, 2.75) is 6.92 Å². The molecule has 5 heteroatoms. The van der Waals surface area contributed by atoms with Gasteiger partial charge in [0.25, 0.3) is 5.91 Å². The number of benzene rings is 1. The highest BCUT2D eigenvalue weighted by Crippen LogP contribution is 2.22. The smallest absolute Gasteiger partial charge is 0.255 e. The lowest BCUT2D eigenvalue weighted by molar-refractivity contribution is 0.0706. The zero-order valence-electron chi connectivity index (χ0n) is 9.94. The summed E-state index contributed by atoms with van der Waals surface area (Å²) in [7, 11) is 1.58. The van der Waals surface area contributed by atoms with Crippen molar-refractivity contribution in [2.75, 3.05) is 26.8 Å². The van der Waals surface area contributed by atoms with E-state index in [-0.39, 0.29) is 11.7 Å². The first-order valence-corrected chi connectivity index (χ1v) is 5.74. The van der Waals surface area contributed by atoms with Gasteiger partial charge in [-0.25, -0.2) is 0 Å². The number of phenolic OH excluding ortho intramolecular Hbond substituents is 1. The molecule has 0 atom stereocenters. The highest BCUT2D eigenvalue weighted by atomic mass is 35.5. The summed E-state index contributed by atoms with van der Waals surface area (Å²) < 4.78 is 4.94. The third kappa shape index (κ3) is 3.61. The molecular weight excluding hydrogens is 242 g/mol. The van der Waals surface area contributed by atoms with Gasteiger partial charge in [-0.05, 0) is 25.1 Å². The fourth-order valence-corrected chi connectivity index (χ4v) is 1.65. The van der Waals surface area contributed by atoms with E-state index in [9.17, 15) is 9.90 Å². The monoisotopic (exact) mass is 257 g/mol. The largest absolute Gasteiger partial charge is 0.508 e. The number of aromatic hydroxyl groups is 1. The van der Waals surface area contributed by atoms with E-state index in [1.165, 1.54) is 18.2 Å². The number of phenols is 1. The van der Waals surface area contributed by atoms with Crippen molar-refractivity contribution in [2.24, 2.45) is 0 Å². The van der Waals surface area contributed by atoms with E-state index >= 15 is 0 Å². The molecule has 0 aromatic heterocycles. The van der Waals surface area contributed by atoms with Gasteiger partial charge in [0.15, 0.2) is 0 Å². The number of carbonyl (C=O) groups excluding carboxylic acids is 1. The second-order valence-corrected chi connectivity index (χ2v) is 3.95. The molecule has 0 aliphatic rings. The van der Waals surface area contributed by atoms with Crippen LogP contribution in [-0.4, -0.2) is 42.7 Å². The van der Waals surface area contributed by atoms with Gasteiger partial charge >= 0.3 is 0 Å². The number of halogens is 1. The van der Waals surface area contributed by atoms with E-state index in [2.05, 4.69) is 0 Å². The van der Waals surface area contributed by atoms with Crippen LogP contribution in [0.1, 0.15) is 17.3 Å². The molecule has 1 rings (SSSR count). The molecule has 17 heavy (non-hydrogen) atoms. The Balaban J connectivity index is 2.89. The molecule has 1 amide bonds. The third-order valence-corrected chi connectivity index (χ3v) is 2.74. The molecule has 0 aliphatic carbocycles. The van der Waals surface area contributed by atoms with Gasteiger partial charge in [0, 0.05) is 20.2 Å². The molecule has 0 bridgehead atoms. The fraction of sp³-hybridized carbons (Fsp3) is 0.417. The van der Waals surface area contributed by atoms with Crippen molar-refractivity contribution in [3.63, 3.8) is 0 Å². The van der Waals surface area contributed by atoms with Gasteiger partial charge in [-0.1, -0.05) is 11.6 Å². The van der Waals surface area contributed by atoms with Crippen LogP contribution in [0, 0.1) is 0 Å². The molecule has 0 saturated heterocycles. The summed E-state index contributed by atoms with van der Waals surface area (Å²) in [5.41, 5.74) is 0.310. The van der Waals surface area contributed by atoms with Crippen LogP contribution in [0.15, 0.2) is 18.2 Å². The molecule has 0 saturated carbocycles. The van der Waals surface area contributed by atoms with Crippen LogP contribution >= 0.6 is 11.6 Å². The number of nitrogens with zero attached hydrogens (tertiary/aromatic N) is 1. The molecule has 0 spiro atoms. The Bertz CT molecular complexity index is 395. The number of hydrogen-bond donors (Lipinski definition) is 1. The van der Waals surface area contributed by atoms with Crippen LogP contribution < -0.4 is 0 Å². The highest BCUT2D eigenvalue weighted by molar-refractivity contribution is 6.33. The quantitative estimate of drug-likeness (QED) is 0.879. The van der Waals surface area contributed by atoms with Crippen molar-refractivity contribution < 1.29 is 14.6 Å². The molecule has 1 aromatic rings. The number of rotatable bonds is 5. The van der Waals surface area contributed by atoms with Crippen molar-refractivity contribution >= 4 is 17.5 Å². The van der Waals surface area contributed by atoms with E-state index in [0.717, 1.165) is 0 Å². The summed E-state index contributed by atoms with van der Waals surface area (Å²) in [5, 5.41) is 9.70. The maximum Gasteiger partial charge on any atom is 0.255 e. The summed E-state index contributed by atoms with van der Waals surface area (Å²) in [5.74, 6) is -0.175. The lowest BCUT2D eigenvalue weighted by atomic mass is 10.2.